The van der Waals surface area contributed by atoms with Gasteiger partial charge < -0.3 is 5.32 Å². The monoisotopic (exact) mass is 396 g/mol. The normalized spacial score (nSPS) is 18.1. The number of hydrogen-bond donors (Lipinski definition) is 1. The molecule has 1 amide bonds. The third-order valence-corrected chi connectivity index (χ3v) is 6.63. The fraction of sp³-hybridized carbons (Fsp3) is 0.250. The van der Waals surface area contributed by atoms with Gasteiger partial charge in [-0.2, -0.15) is 5.10 Å². The van der Waals surface area contributed by atoms with Gasteiger partial charge in [-0.1, -0.05) is 18.2 Å². The van der Waals surface area contributed by atoms with Crippen LogP contribution in [0, 0.1) is 5.92 Å². The molecule has 1 unspecified atom stereocenters. The van der Waals surface area contributed by atoms with Crippen LogP contribution in [-0.2, 0) is 9.84 Å². The largest absolute Gasteiger partial charge is 0.352 e. The van der Waals surface area contributed by atoms with Crippen LogP contribution in [0.2, 0.25) is 0 Å². The Bertz CT molecular complexity index is 1080. The molecule has 1 fully saturated rings. The molecular weight excluding hydrogens is 376 g/mol. The van der Waals surface area contributed by atoms with Crippen molar-refractivity contribution in [3.8, 4) is 16.9 Å². The van der Waals surface area contributed by atoms with Crippen LogP contribution in [0.15, 0.2) is 61.1 Å². The zero-order valence-electron chi connectivity index (χ0n) is 15.2. The molecule has 2 aromatic heterocycles. The topological polar surface area (TPSA) is 94.0 Å². The molecule has 7 nitrogen and oxygen atoms in total. The van der Waals surface area contributed by atoms with Crippen molar-refractivity contribution in [1.82, 2.24) is 20.1 Å². The number of hydrogen-bond acceptors (Lipinski definition) is 5. The molecule has 3 aromatic rings. The van der Waals surface area contributed by atoms with Gasteiger partial charge >= 0.3 is 0 Å². The highest BCUT2D eigenvalue weighted by molar-refractivity contribution is 7.91. The zero-order valence-corrected chi connectivity index (χ0v) is 16.0. The quantitative estimate of drug-likeness (QED) is 0.713. The predicted molar refractivity (Wildman–Crippen MR) is 106 cm³/mol. The van der Waals surface area contributed by atoms with Crippen LogP contribution in [0.4, 0.5) is 0 Å². The second-order valence-corrected chi connectivity index (χ2v) is 9.12. The molecule has 1 N–H and O–H groups in total. The molecule has 0 aliphatic carbocycles. The predicted octanol–water partition coefficient (Wildman–Crippen LogP) is 2.10. The van der Waals surface area contributed by atoms with Gasteiger partial charge in [0.25, 0.3) is 5.91 Å². The van der Waals surface area contributed by atoms with Crippen LogP contribution in [0.25, 0.3) is 16.9 Å². The van der Waals surface area contributed by atoms with E-state index in [1.165, 1.54) is 0 Å². The van der Waals surface area contributed by atoms with Crippen LogP contribution in [0.3, 0.4) is 0 Å². The number of carbonyl (C=O) groups excluding carboxylic acids is 1. The van der Waals surface area contributed by atoms with Crippen molar-refractivity contribution in [2.45, 2.75) is 6.42 Å². The van der Waals surface area contributed by atoms with E-state index in [1.807, 2.05) is 36.4 Å². The number of benzene rings is 1. The Morgan fingerprint density at radius 1 is 1.18 bits per heavy atom. The molecule has 0 bridgehead atoms. The number of sulfone groups is 1. The van der Waals surface area contributed by atoms with Gasteiger partial charge in [0.1, 0.15) is 5.69 Å². The van der Waals surface area contributed by atoms with Gasteiger partial charge in [0, 0.05) is 30.7 Å². The minimum Gasteiger partial charge on any atom is -0.352 e. The van der Waals surface area contributed by atoms with E-state index in [9.17, 15) is 13.2 Å². The summed E-state index contributed by atoms with van der Waals surface area (Å²) in [5.74, 6) is 0.0113. The van der Waals surface area contributed by atoms with E-state index in [0.29, 0.717) is 24.2 Å². The Morgan fingerprint density at radius 2 is 2.00 bits per heavy atom. The number of carbonyl (C=O) groups is 1. The van der Waals surface area contributed by atoms with Crippen molar-refractivity contribution in [2.75, 3.05) is 18.1 Å². The molecule has 1 saturated heterocycles. The highest BCUT2D eigenvalue weighted by Gasteiger charge is 2.28. The average molecular weight is 396 g/mol. The Labute approximate surface area is 163 Å². The van der Waals surface area contributed by atoms with Gasteiger partial charge in [0.2, 0.25) is 0 Å². The lowest BCUT2D eigenvalue weighted by Crippen LogP contribution is -2.30. The van der Waals surface area contributed by atoms with Gasteiger partial charge in [0.15, 0.2) is 9.84 Å². The summed E-state index contributed by atoms with van der Waals surface area (Å²) in [7, 11) is -2.97. The van der Waals surface area contributed by atoms with Crippen molar-refractivity contribution in [2.24, 2.45) is 5.92 Å². The Morgan fingerprint density at radius 3 is 2.68 bits per heavy atom. The number of amides is 1. The summed E-state index contributed by atoms with van der Waals surface area (Å²) >= 11 is 0. The van der Waals surface area contributed by atoms with E-state index in [1.54, 1.807) is 29.3 Å². The van der Waals surface area contributed by atoms with E-state index >= 15 is 0 Å². The lowest BCUT2D eigenvalue weighted by molar-refractivity contribution is 0.0949. The average Bonchev–Trinajstić information content (AvgIpc) is 3.31. The number of rotatable bonds is 5. The van der Waals surface area contributed by atoms with Crippen molar-refractivity contribution in [3.05, 3.63) is 66.6 Å². The second-order valence-electron chi connectivity index (χ2n) is 6.89. The van der Waals surface area contributed by atoms with Crippen LogP contribution in [0.5, 0.6) is 0 Å². The lowest BCUT2D eigenvalue weighted by Gasteiger charge is -2.09. The maximum atomic E-state index is 12.9. The zero-order chi connectivity index (χ0) is 19.6. The molecule has 8 heteroatoms. The van der Waals surface area contributed by atoms with E-state index in [0.717, 1.165) is 11.3 Å². The highest BCUT2D eigenvalue weighted by Crippen LogP contribution is 2.23. The molecule has 1 atom stereocenters. The van der Waals surface area contributed by atoms with Crippen molar-refractivity contribution in [1.29, 1.82) is 0 Å². The first-order valence-corrected chi connectivity index (χ1v) is 10.9. The van der Waals surface area contributed by atoms with E-state index in [-0.39, 0.29) is 23.3 Å². The number of aromatic nitrogens is 3. The van der Waals surface area contributed by atoms with Gasteiger partial charge in [-0.3, -0.25) is 9.78 Å². The number of para-hydroxylation sites is 1. The summed E-state index contributed by atoms with van der Waals surface area (Å²) in [5.41, 5.74) is 2.55. The fourth-order valence-corrected chi connectivity index (χ4v) is 5.20. The van der Waals surface area contributed by atoms with Crippen molar-refractivity contribution < 1.29 is 13.2 Å². The molecule has 0 spiro atoms. The first kappa shape index (κ1) is 18.4. The summed E-state index contributed by atoms with van der Waals surface area (Å²) in [4.78, 5) is 17.0. The van der Waals surface area contributed by atoms with Gasteiger partial charge in [0.05, 0.1) is 22.8 Å². The second kappa shape index (κ2) is 7.55. The maximum absolute atomic E-state index is 12.9. The van der Waals surface area contributed by atoms with E-state index in [4.69, 9.17) is 0 Å². The van der Waals surface area contributed by atoms with Gasteiger partial charge in [-0.25, -0.2) is 13.1 Å². The SMILES string of the molecule is O=C(NCC1CCS(=O)(=O)C1)c1cn(-c2ccccc2)nc1-c1cccnc1. The van der Waals surface area contributed by atoms with E-state index < -0.39 is 9.84 Å². The van der Waals surface area contributed by atoms with Crippen LogP contribution in [-0.4, -0.2) is 47.1 Å². The van der Waals surface area contributed by atoms with Crippen LogP contribution in [0.1, 0.15) is 16.8 Å². The number of pyridine rings is 1. The summed E-state index contributed by atoms with van der Waals surface area (Å²) in [6.45, 7) is 0.334. The number of nitrogens with one attached hydrogen (secondary N) is 1. The summed E-state index contributed by atoms with van der Waals surface area (Å²) in [6, 6.07) is 13.2. The Kier molecular flexibility index (Phi) is 4.95. The minimum atomic E-state index is -2.97. The van der Waals surface area contributed by atoms with Crippen LogP contribution >= 0.6 is 0 Å². The molecule has 144 valence electrons. The van der Waals surface area contributed by atoms with Crippen molar-refractivity contribution >= 4 is 15.7 Å². The summed E-state index contributed by atoms with van der Waals surface area (Å²) < 4.78 is 24.9. The Balaban J connectivity index is 1.61. The molecule has 1 aliphatic rings. The number of nitrogens with zero attached hydrogens (tertiary/aromatic N) is 3. The highest BCUT2D eigenvalue weighted by atomic mass is 32.2. The first-order chi connectivity index (χ1) is 13.5. The maximum Gasteiger partial charge on any atom is 0.255 e. The first-order valence-electron chi connectivity index (χ1n) is 9.06. The molecule has 28 heavy (non-hydrogen) atoms. The lowest BCUT2D eigenvalue weighted by atomic mass is 10.1. The molecule has 0 saturated carbocycles. The molecule has 4 rings (SSSR count). The minimum absolute atomic E-state index is 0.0417. The molecule has 3 heterocycles. The van der Waals surface area contributed by atoms with Crippen LogP contribution < -0.4 is 5.32 Å². The van der Waals surface area contributed by atoms with Crippen molar-refractivity contribution in [3.63, 3.8) is 0 Å². The molecular formula is C20H20N4O3S. The molecule has 1 aliphatic heterocycles. The third kappa shape index (κ3) is 3.96. The summed E-state index contributed by atoms with van der Waals surface area (Å²) in [5, 5.41) is 7.47. The van der Waals surface area contributed by atoms with Gasteiger partial charge in [-0.15, -0.1) is 0 Å². The Hall–Kier alpha value is -3.00. The van der Waals surface area contributed by atoms with E-state index in [2.05, 4.69) is 15.4 Å². The standard InChI is InChI=1S/C20H20N4O3S/c25-20(22-11-15-8-10-28(26,27)14-15)18-13-24(17-6-2-1-3-7-17)23-19(18)16-5-4-9-21-12-16/h1-7,9,12-13,15H,8,10-11,14H2,(H,22,25). The van der Waals surface area contributed by atoms with Gasteiger partial charge in [-0.05, 0) is 36.6 Å². The molecule has 0 radical (unpaired) electrons. The summed E-state index contributed by atoms with van der Waals surface area (Å²) in [6.07, 6.45) is 5.61. The fourth-order valence-electron chi connectivity index (χ4n) is 3.33. The molecule has 1 aromatic carbocycles. The third-order valence-electron chi connectivity index (χ3n) is 4.79. The smallest absolute Gasteiger partial charge is 0.255 e.